The van der Waals surface area contributed by atoms with Crippen molar-refractivity contribution in [2.75, 3.05) is 30.8 Å². The fourth-order valence-electron chi connectivity index (χ4n) is 2.11. The third-order valence-electron chi connectivity index (χ3n) is 3.00. The van der Waals surface area contributed by atoms with Gasteiger partial charge in [-0.1, -0.05) is 0 Å². The molecule has 1 saturated heterocycles. The number of aliphatic hydroxyl groups is 1. The Morgan fingerprint density at radius 1 is 1.50 bits per heavy atom. The van der Waals surface area contributed by atoms with E-state index in [1.165, 1.54) is 0 Å². The van der Waals surface area contributed by atoms with Crippen LogP contribution in [0.3, 0.4) is 0 Å². The van der Waals surface area contributed by atoms with Gasteiger partial charge in [-0.2, -0.15) is 0 Å². The smallest absolute Gasteiger partial charge is 0.144 e. The van der Waals surface area contributed by atoms with E-state index in [1.807, 2.05) is 25.1 Å². The molecule has 1 fully saturated rings. The summed E-state index contributed by atoms with van der Waals surface area (Å²) >= 11 is 0. The Bertz CT molecular complexity index is 391. The number of methoxy groups -OCH3 is 1. The van der Waals surface area contributed by atoms with Crippen LogP contribution in [0.1, 0.15) is 13.3 Å². The molecule has 0 amide bonds. The SMILES string of the molecule is COc1cc(N)ccc1N1CC[C@@](C)(O)C1. The third-order valence-corrected chi connectivity index (χ3v) is 3.00. The average Bonchev–Trinajstić information content (AvgIpc) is 2.58. The lowest BCUT2D eigenvalue weighted by Crippen LogP contribution is -2.29. The fraction of sp³-hybridized carbons (Fsp3) is 0.500. The molecule has 0 saturated carbocycles. The molecule has 0 aromatic heterocycles. The molecular formula is C12H18N2O2. The Kier molecular flexibility index (Phi) is 2.68. The van der Waals surface area contributed by atoms with Gasteiger partial charge in [-0.15, -0.1) is 0 Å². The van der Waals surface area contributed by atoms with Gasteiger partial charge in [0.25, 0.3) is 0 Å². The second kappa shape index (κ2) is 3.87. The van der Waals surface area contributed by atoms with Gasteiger partial charge in [-0.05, 0) is 25.5 Å². The zero-order valence-electron chi connectivity index (χ0n) is 9.73. The number of β-amino-alcohol motifs (C(OH)–C–C–N with tert-alkyl or cyclic N) is 1. The molecule has 0 spiro atoms. The van der Waals surface area contributed by atoms with E-state index in [9.17, 15) is 5.11 Å². The maximum atomic E-state index is 9.94. The van der Waals surface area contributed by atoms with Gasteiger partial charge < -0.3 is 20.5 Å². The van der Waals surface area contributed by atoms with E-state index in [4.69, 9.17) is 10.5 Å². The van der Waals surface area contributed by atoms with Gasteiger partial charge in [0.1, 0.15) is 5.75 Å². The van der Waals surface area contributed by atoms with Crippen molar-refractivity contribution >= 4 is 11.4 Å². The normalized spacial score (nSPS) is 24.8. The molecule has 0 radical (unpaired) electrons. The highest BCUT2D eigenvalue weighted by molar-refractivity contribution is 5.64. The topological polar surface area (TPSA) is 58.7 Å². The van der Waals surface area contributed by atoms with E-state index >= 15 is 0 Å². The van der Waals surface area contributed by atoms with E-state index in [1.54, 1.807) is 7.11 Å². The molecule has 1 atom stereocenters. The largest absolute Gasteiger partial charge is 0.495 e. The summed E-state index contributed by atoms with van der Waals surface area (Å²) in [5.41, 5.74) is 6.78. The van der Waals surface area contributed by atoms with Gasteiger partial charge in [-0.25, -0.2) is 0 Å². The summed E-state index contributed by atoms with van der Waals surface area (Å²) in [5, 5.41) is 9.94. The van der Waals surface area contributed by atoms with Crippen LogP contribution in [-0.4, -0.2) is 30.9 Å². The minimum Gasteiger partial charge on any atom is -0.495 e. The number of nitrogens with two attached hydrogens (primary N) is 1. The minimum absolute atomic E-state index is 0.605. The zero-order valence-corrected chi connectivity index (χ0v) is 9.73. The van der Waals surface area contributed by atoms with Crippen LogP contribution in [0.15, 0.2) is 18.2 Å². The number of rotatable bonds is 2. The number of anilines is 2. The highest BCUT2D eigenvalue weighted by Gasteiger charge is 2.32. The molecule has 1 aromatic rings. The van der Waals surface area contributed by atoms with Crippen molar-refractivity contribution in [3.8, 4) is 5.75 Å². The summed E-state index contributed by atoms with van der Waals surface area (Å²) in [4.78, 5) is 2.12. The van der Waals surface area contributed by atoms with Crippen molar-refractivity contribution in [2.24, 2.45) is 0 Å². The van der Waals surface area contributed by atoms with Gasteiger partial charge in [0.05, 0.1) is 18.4 Å². The van der Waals surface area contributed by atoms with Gasteiger partial charge >= 0.3 is 0 Å². The van der Waals surface area contributed by atoms with Crippen LogP contribution < -0.4 is 15.4 Å². The Morgan fingerprint density at radius 3 is 2.81 bits per heavy atom. The predicted molar refractivity (Wildman–Crippen MR) is 64.9 cm³/mol. The third kappa shape index (κ3) is 2.07. The lowest BCUT2D eigenvalue weighted by molar-refractivity contribution is 0.0839. The van der Waals surface area contributed by atoms with Crippen molar-refractivity contribution in [3.05, 3.63) is 18.2 Å². The molecule has 4 nitrogen and oxygen atoms in total. The maximum Gasteiger partial charge on any atom is 0.144 e. The van der Waals surface area contributed by atoms with Crippen LogP contribution in [-0.2, 0) is 0 Å². The first-order valence-electron chi connectivity index (χ1n) is 5.43. The Morgan fingerprint density at radius 2 is 2.25 bits per heavy atom. The molecule has 2 rings (SSSR count). The van der Waals surface area contributed by atoms with E-state index in [0.717, 1.165) is 24.4 Å². The first-order valence-corrected chi connectivity index (χ1v) is 5.43. The van der Waals surface area contributed by atoms with Crippen molar-refractivity contribution < 1.29 is 9.84 Å². The molecule has 16 heavy (non-hydrogen) atoms. The van der Waals surface area contributed by atoms with Gasteiger partial charge in [0.2, 0.25) is 0 Å². The van der Waals surface area contributed by atoms with E-state index in [2.05, 4.69) is 4.90 Å². The molecule has 0 unspecified atom stereocenters. The molecule has 4 heteroatoms. The number of benzene rings is 1. The van der Waals surface area contributed by atoms with Gasteiger partial charge in [-0.3, -0.25) is 0 Å². The van der Waals surface area contributed by atoms with Gasteiger partial charge in [0.15, 0.2) is 0 Å². The van der Waals surface area contributed by atoms with Crippen LogP contribution in [0.5, 0.6) is 5.75 Å². The van der Waals surface area contributed by atoms with Crippen molar-refractivity contribution in [3.63, 3.8) is 0 Å². The predicted octanol–water partition coefficient (Wildman–Crippen LogP) is 1.24. The monoisotopic (exact) mass is 222 g/mol. The number of nitrogen functional groups attached to an aromatic ring is 1. The highest BCUT2D eigenvalue weighted by Crippen LogP contribution is 2.34. The number of hydrogen-bond acceptors (Lipinski definition) is 4. The van der Waals surface area contributed by atoms with E-state index < -0.39 is 5.60 Å². The molecule has 1 aliphatic heterocycles. The first kappa shape index (κ1) is 11.1. The molecule has 88 valence electrons. The fourth-order valence-corrected chi connectivity index (χ4v) is 2.11. The number of ether oxygens (including phenoxy) is 1. The molecule has 0 aliphatic carbocycles. The second-order valence-corrected chi connectivity index (χ2v) is 4.60. The standard InChI is InChI=1S/C12H18N2O2/c1-12(15)5-6-14(8-12)10-4-3-9(13)7-11(10)16-2/h3-4,7,15H,5-6,8,13H2,1-2H3/t12-/m1/s1. The van der Waals surface area contributed by atoms with Crippen molar-refractivity contribution in [1.82, 2.24) is 0 Å². The summed E-state index contributed by atoms with van der Waals surface area (Å²) in [5.74, 6) is 0.762. The molecule has 1 aliphatic rings. The summed E-state index contributed by atoms with van der Waals surface area (Å²) in [6.45, 7) is 3.33. The minimum atomic E-state index is -0.605. The van der Waals surface area contributed by atoms with Crippen LogP contribution in [0, 0.1) is 0 Å². The zero-order chi connectivity index (χ0) is 11.8. The molecule has 3 N–H and O–H groups in total. The number of hydrogen-bond donors (Lipinski definition) is 2. The van der Waals surface area contributed by atoms with E-state index in [-0.39, 0.29) is 0 Å². The summed E-state index contributed by atoms with van der Waals surface area (Å²) in [7, 11) is 1.63. The average molecular weight is 222 g/mol. The lowest BCUT2D eigenvalue weighted by Gasteiger charge is -2.23. The van der Waals surface area contributed by atoms with Crippen molar-refractivity contribution in [1.29, 1.82) is 0 Å². The highest BCUT2D eigenvalue weighted by atomic mass is 16.5. The summed E-state index contributed by atoms with van der Waals surface area (Å²) in [6.07, 6.45) is 0.778. The first-order chi connectivity index (χ1) is 7.52. The van der Waals surface area contributed by atoms with Crippen LogP contribution in [0.25, 0.3) is 0 Å². The Balaban J connectivity index is 2.27. The number of nitrogens with zero attached hydrogens (tertiary/aromatic N) is 1. The van der Waals surface area contributed by atoms with Crippen LogP contribution in [0.4, 0.5) is 11.4 Å². The Hall–Kier alpha value is -1.42. The van der Waals surface area contributed by atoms with E-state index in [0.29, 0.717) is 12.2 Å². The second-order valence-electron chi connectivity index (χ2n) is 4.60. The summed E-state index contributed by atoms with van der Waals surface area (Å²) < 4.78 is 5.30. The Labute approximate surface area is 95.6 Å². The summed E-state index contributed by atoms with van der Waals surface area (Å²) in [6, 6.07) is 5.60. The quantitative estimate of drug-likeness (QED) is 0.739. The van der Waals surface area contributed by atoms with Gasteiger partial charge in [0, 0.05) is 24.8 Å². The molecule has 1 heterocycles. The van der Waals surface area contributed by atoms with Crippen LogP contribution in [0.2, 0.25) is 0 Å². The molecular weight excluding hydrogens is 204 g/mol. The molecule has 1 aromatic carbocycles. The van der Waals surface area contributed by atoms with Crippen LogP contribution >= 0.6 is 0 Å². The molecule has 0 bridgehead atoms. The maximum absolute atomic E-state index is 9.94. The lowest BCUT2D eigenvalue weighted by atomic mass is 10.1. The van der Waals surface area contributed by atoms with Crippen molar-refractivity contribution in [2.45, 2.75) is 18.9 Å².